The molecule has 0 aliphatic heterocycles. The Balaban J connectivity index is 2.37. The first-order valence-electron chi connectivity index (χ1n) is 5.97. The van der Waals surface area contributed by atoms with E-state index in [-0.39, 0.29) is 0 Å². The van der Waals surface area contributed by atoms with Gasteiger partial charge in [-0.05, 0) is 26.0 Å². The molecule has 4 N–H and O–H groups in total. The van der Waals surface area contributed by atoms with E-state index in [0.717, 1.165) is 11.3 Å². The quantitative estimate of drug-likeness (QED) is 0.594. The molecule has 0 radical (unpaired) electrons. The van der Waals surface area contributed by atoms with E-state index in [1.54, 1.807) is 26.2 Å². The lowest BCUT2D eigenvalue weighted by atomic mass is 10.2. The summed E-state index contributed by atoms with van der Waals surface area (Å²) in [6.45, 7) is 3.68. The van der Waals surface area contributed by atoms with Crippen molar-refractivity contribution in [2.75, 3.05) is 17.9 Å². The molecule has 2 aromatic rings. The summed E-state index contributed by atoms with van der Waals surface area (Å²) in [5, 5.41) is 3.76. The topological polar surface area (TPSA) is 85.1 Å². The number of methoxy groups -OCH3 is 1. The van der Waals surface area contributed by atoms with E-state index in [4.69, 9.17) is 22.2 Å². The van der Waals surface area contributed by atoms with Gasteiger partial charge in [-0.15, -0.1) is 0 Å². The summed E-state index contributed by atoms with van der Waals surface area (Å²) >= 11 is 6.00. The summed E-state index contributed by atoms with van der Waals surface area (Å²) in [6.07, 6.45) is 0. The Morgan fingerprint density at radius 1 is 1.20 bits per heavy atom. The number of halogens is 1. The van der Waals surface area contributed by atoms with Crippen molar-refractivity contribution in [1.29, 1.82) is 0 Å². The summed E-state index contributed by atoms with van der Waals surface area (Å²) in [4.78, 5) is 8.57. The highest BCUT2D eigenvalue weighted by Crippen LogP contribution is 2.30. The predicted octanol–water partition coefficient (Wildman–Crippen LogP) is 2.78. The van der Waals surface area contributed by atoms with Gasteiger partial charge in [0.1, 0.15) is 23.2 Å². The largest absolute Gasteiger partial charge is 0.495 e. The molecule has 6 nitrogen and oxygen atoms in total. The van der Waals surface area contributed by atoms with Gasteiger partial charge in [-0.1, -0.05) is 11.6 Å². The van der Waals surface area contributed by atoms with E-state index < -0.39 is 0 Å². The van der Waals surface area contributed by atoms with Crippen LogP contribution in [0.25, 0.3) is 0 Å². The van der Waals surface area contributed by atoms with Crippen molar-refractivity contribution < 1.29 is 4.74 Å². The molecule has 7 heteroatoms. The number of nitrogens with two attached hydrogens (primary N) is 1. The lowest BCUT2D eigenvalue weighted by Gasteiger charge is -2.13. The number of anilines is 3. The molecule has 0 saturated heterocycles. The molecule has 1 aromatic heterocycles. The monoisotopic (exact) mass is 293 g/mol. The number of hydrogen-bond donors (Lipinski definition) is 3. The SMILES string of the molecule is COc1cc(Nc2nc(C)nc(NN)c2C)ccc1Cl. The van der Waals surface area contributed by atoms with Crippen LogP contribution in [0.5, 0.6) is 5.75 Å². The predicted molar refractivity (Wildman–Crippen MR) is 80.6 cm³/mol. The molecule has 0 atom stereocenters. The average Bonchev–Trinajstić information content (AvgIpc) is 2.44. The first kappa shape index (κ1) is 14.4. The molecule has 0 fully saturated rings. The minimum atomic E-state index is 0.554. The second-order valence-corrected chi connectivity index (χ2v) is 4.62. The number of nitrogens with one attached hydrogen (secondary N) is 2. The van der Waals surface area contributed by atoms with Gasteiger partial charge in [0.2, 0.25) is 0 Å². The molecular weight excluding hydrogens is 278 g/mol. The second-order valence-electron chi connectivity index (χ2n) is 4.21. The van der Waals surface area contributed by atoms with Gasteiger partial charge >= 0.3 is 0 Å². The number of hydrogen-bond acceptors (Lipinski definition) is 6. The molecule has 0 amide bonds. The van der Waals surface area contributed by atoms with Crippen molar-refractivity contribution in [2.24, 2.45) is 5.84 Å². The van der Waals surface area contributed by atoms with Crippen LogP contribution >= 0.6 is 11.6 Å². The molecule has 0 unspecified atom stereocenters. The highest BCUT2D eigenvalue weighted by molar-refractivity contribution is 6.32. The lowest BCUT2D eigenvalue weighted by Crippen LogP contribution is -2.13. The van der Waals surface area contributed by atoms with Crippen LogP contribution in [0.15, 0.2) is 18.2 Å². The van der Waals surface area contributed by atoms with E-state index in [0.29, 0.717) is 28.2 Å². The van der Waals surface area contributed by atoms with E-state index in [1.165, 1.54) is 0 Å². The maximum Gasteiger partial charge on any atom is 0.148 e. The first-order valence-corrected chi connectivity index (χ1v) is 6.35. The Bertz CT molecular complexity index is 632. The second kappa shape index (κ2) is 5.94. The molecule has 0 bridgehead atoms. The van der Waals surface area contributed by atoms with Crippen molar-refractivity contribution in [3.63, 3.8) is 0 Å². The van der Waals surface area contributed by atoms with Gasteiger partial charge in [0.25, 0.3) is 0 Å². The number of benzene rings is 1. The van der Waals surface area contributed by atoms with Crippen LogP contribution in [-0.4, -0.2) is 17.1 Å². The van der Waals surface area contributed by atoms with E-state index in [9.17, 15) is 0 Å². The summed E-state index contributed by atoms with van der Waals surface area (Å²) in [5.74, 6) is 7.91. The van der Waals surface area contributed by atoms with Gasteiger partial charge < -0.3 is 15.5 Å². The summed E-state index contributed by atoms with van der Waals surface area (Å²) in [6, 6.07) is 5.40. The summed E-state index contributed by atoms with van der Waals surface area (Å²) in [7, 11) is 1.57. The van der Waals surface area contributed by atoms with Crippen LogP contribution < -0.4 is 21.3 Å². The Labute approximate surface area is 122 Å². The van der Waals surface area contributed by atoms with Gasteiger partial charge in [-0.25, -0.2) is 15.8 Å². The molecule has 0 aliphatic carbocycles. The standard InChI is InChI=1S/C13H16ClN5O/c1-7-12(16-8(2)17-13(7)19-15)18-9-4-5-10(14)11(6-9)20-3/h4-6H,15H2,1-3H3,(H2,16,17,18,19). The van der Waals surface area contributed by atoms with Crippen LogP contribution in [0, 0.1) is 13.8 Å². The first-order chi connectivity index (χ1) is 9.55. The Morgan fingerprint density at radius 3 is 2.55 bits per heavy atom. The third-order valence-electron chi connectivity index (χ3n) is 2.81. The number of aromatic nitrogens is 2. The third-order valence-corrected chi connectivity index (χ3v) is 3.12. The fourth-order valence-corrected chi connectivity index (χ4v) is 1.96. The van der Waals surface area contributed by atoms with Gasteiger partial charge in [0.15, 0.2) is 0 Å². The van der Waals surface area contributed by atoms with E-state index in [2.05, 4.69) is 20.7 Å². The molecule has 20 heavy (non-hydrogen) atoms. The van der Waals surface area contributed by atoms with Crippen LogP contribution in [0.4, 0.5) is 17.3 Å². The molecule has 0 saturated carbocycles. The van der Waals surface area contributed by atoms with Crippen LogP contribution in [0.2, 0.25) is 5.02 Å². The van der Waals surface area contributed by atoms with Gasteiger partial charge in [0.05, 0.1) is 12.1 Å². The normalized spacial score (nSPS) is 10.2. The van der Waals surface area contributed by atoms with Crippen LogP contribution in [0.3, 0.4) is 0 Å². The Kier molecular flexibility index (Phi) is 4.26. The summed E-state index contributed by atoms with van der Waals surface area (Å²) in [5.41, 5.74) is 4.20. The molecule has 1 heterocycles. The van der Waals surface area contributed by atoms with Crippen molar-refractivity contribution in [1.82, 2.24) is 9.97 Å². The Morgan fingerprint density at radius 2 is 1.90 bits per heavy atom. The molecule has 1 aromatic carbocycles. The lowest BCUT2D eigenvalue weighted by molar-refractivity contribution is 0.415. The number of hydrazine groups is 1. The minimum absolute atomic E-state index is 0.554. The van der Waals surface area contributed by atoms with Crippen LogP contribution in [0.1, 0.15) is 11.4 Å². The maximum atomic E-state index is 6.00. The number of nitrogens with zero attached hydrogens (tertiary/aromatic N) is 2. The smallest absolute Gasteiger partial charge is 0.148 e. The zero-order valence-electron chi connectivity index (χ0n) is 11.5. The molecule has 2 rings (SSSR count). The fraction of sp³-hybridized carbons (Fsp3) is 0.231. The number of ether oxygens (including phenoxy) is 1. The average molecular weight is 294 g/mol. The number of rotatable bonds is 4. The highest BCUT2D eigenvalue weighted by atomic mass is 35.5. The van der Waals surface area contributed by atoms with Crippen molar-refractivity contribution >= 4 is 28.9 Å². The van der Waals surface area contributed by atoms with Gasteiger partial charge in [-0.3, -0.25) is 0 Å². The molecular formula is C13H16ClN5O. The molecule has 0 aliphatic rings. The van der Waals surface area contributed by atoms with E-state index >= 15 is 0 Å². The number of aryl methyl sites for hydroxylation is 1. The zero-order chi connectivity index (χ0) is 14.7. The molecule has 106 valence electrons. The van der Waals surface area contributed by atoms with Crippen LogP contribution in [-0.2, 0) is 0 Å². The minimum Gasteiger partial charge on any atom is -0.495 e. The van der Waals surface area contributed by atoms with E-state index in [1.807, 2.05) is 13.0 Å². The highest BCUT2D eigenvalue weighted by Gasteiger charge is 2.09. The zero-order valence-corrected chi connectivity index (χ0v) is 12.2. The van der Waals surface area contributed by atoms with Gasteiger partial charge in [0, 0.05) is 17.3 Å². The van der Waals surface area contributed by atoms with Crippen molar-refractivity contribution in [2.45, 2.75) is 13.8 Å². The fourth-order valence-electron chi connectivity index (χ4n) is 1.76. The maximum absolute atomic E-state index is 6.00. The van der Waals surface area contributed by atoms with Crippen molar-refractivity contribution in [3.8, 4) is 5.75 Å². The Hall–Kier alpha value is -2.05. The van der Waals surface area contributed by atoms with Crippen molar-refractivity contribution in [3.05, 3.63) is 34.6 Å². The van der Waals surface area contributed by atoms with Gasteiger partial charge in [-0.2, -0.15) is 0 Å². The third kappa shape index (κ3) is 2.92. The molecule has 0 spiro atoms. The summed E-state index contributed by atoms with van der Waals surface area (Å²) < 4.78 is 5.19. The number of nitrogen functional groups attached to an aromatic ring is 1.